The van der Waals surface area contributed by atoms with Crippen LogP contribution in [0.2, 0.25) is 0 Å². The maximum absolute atomic E-state index is 12.4. The summed E-state index contributed by atoms with van der Waals surface area (Å²) in [6, 6.07) is 9.34. The highest BCUT2D eigenvalue weighted by Gasteiger charge is 2.33. The van der Waals surface area contributed by atoms with E-state index in [1.54, 1.807) is 17.0 Å². The Morgan fingerprint density at radius 2 is 1.89 bits per heavy atom. The van der Waals surface area contributed by atoms with E-state index in [1.807, 2.05) is 25.1 Å². The molecule has 2 rings (SSSR count). The van der Waals surface area contributed by atoms with Gasteiger partial charge in [-0.25, -0.2) is 0 Å². The molecule has 4 heteroatoms. The van der Waals surface area contributed by atoms with Crippen LogP contribution < -0.4 is 0 Å². The monoisotopic (exact) mass is 261 g/mol. The molecule has 0 N–H and O–H groups in total. The summed E-state index contributed by atoms with van der Waals surface area (Å²) in [7, 11) is 1.39. The molecular weight excluding hydrogens is 242 g/mol. The lowest BCUT2D eigenvalue weighted by Crippen LogP contribution is -2.47. The number of benzene rings is 1. The predicted molar refractivity (Wildman–Crippen MR) is 71.7 cm³/mol. The summed E-state index contributed by atoms with van der Waals surface area (Å²) >= 11 is 0. The molecule has 0 saturated carbocycles. The molecule has 0 radical (unpaired) electrons. The first kappa shape index (κ1) is 13.6. The number of carbonyl (C=O) groups excluding carboxylic acids is 2. The first-order valence-electron chi connectivity index (χ1n) is 6.57. The van der Waals surface area contributed by atoms with Gasteiger partial charge in [0.2, 0.25) is 0 Å². The van der Waals surface area contributed by atoms with Gasteiger partial charge in [0.1, 0.15) is 0 Å². The van der Waals surface area contributed by atoms with Gasteiger partial charge in [0.05, 0.1) is 13.0 Å². The minimum Gasteiger partial charge on any atom is -0.469 e. The van der Waals surface area contributed by atoms with Crippen LogP contribution in [0.5, 0.6) is 0 Å². The number of methoxy groups -OCH3 is 1. The maximum Gasteiger partial charge on any atom is 0.310 e. The molecule has 1 heterocycles. The van der Waals surface area contributed by atoms with Gasteiger partial charge in [0, 0.05) is 18.2 Å². The molecule has 2 atom stereocenters. The van der Waals surface area contributed by atoms with Crippen molar-refractivity contribution in [3.63, 3.8) is 0 Å². The average Bonchev–Trinajstić information content (AvgIpc) is 2.47. The normalized spacial score (nSPS) is 22.9. The fraction of sp³-hybridized carbons (Fsp3) is 0.467. The van der Waals surface area contributed by atoms with Crippen molar-refractivity contribution in [1.29, 1.82) is 0 Å². The molecule has 4 nitrogen and oxygen atoms in total. The Bertz CT molecular complexity index is 458. The molecule has 102 valence electrons. The zero-order valence-corrected chi connectivity index (χ0v) is 11.3. The van der Waals surface area contributed by atoms with E-state index >= 15 is 0 Å². The Balaban J connectivity index is 2.13. The molecular formula is C15H19NO3. The third-order valence-corrected chi connectivity index (χ3v) is 3.70. The van der Waals surface area contributed by atoms with Crippen molar-refractivity contribution in [3.05, 3.63) is 35.9 Å². The molecule has 0 aromatic heterocycles. The first-order chi connectivity index (χ1) is 9.13. The number of hydrogen-bond acceptors (Lipinski definition) is 3. The fourth-order valence-corrected chi connectivity index (χ4v) is 2.50. The van der Waals surface area contributed by atoms with Crippen molar-refractivity contribution in [2.45, 2.75) is 25.8 Å². The zero-order valence-electron chi connectivity index (χ0n) is 11.3. The lowest BCUT2D eigenvalue weighted by atomic mass is 9.93. The van der Waals surface area contributed by atoms with Crippen molar-refractivity contribution in [3.8, 4) is 0 Å². The van der Waals surface area contributed by atoms with Crippen molar-refractivity contribution in [2.24, 2.45) is 5.92 Å². The summed E-state index contributed by atoms with van der Waals surface area (Å²) in [5, 5.41) is 0. The summed E-state index contributed by atoms with van der Waals surface area (Å²) in [6.07, 6.45) is 1.62. The fourth-order valence-electron chi connectivity index (χ4n) is 2.50. The summed E-state index contributed by atoms with van der Waals surface area (Å²) < 4.78 is 4.78. The molecule has 0 unspecified atom stereocenters. The Morgan fingerprint density at radius 3 is 2.53 bits per heavy atom. The van der Waals surface area contributed by atoms with Crippen molar-refractivity contribution in [1.82, 2.24) is 4.90 Å². The Hall–Kier alpha value is -1.84. The molecule has 1 saturated heterocycles. The molecule has 0 bridgehead atoms. The van der Waals surface area contributed by atoms with E-state index in [4.69, 9.17) is 4.74 Å². The van der Waals surface area contributed by atoms with E-state index in [9.17, 15) is 9.59 Å². The highest BCUT2D eigenvalue weighted by atomic mass is 16.5. The Morgan fingerprint density at radius 1 is 1.21 bits per heavy atom. The van der Waals surface area contributed by atoms with Crippen LogP contribution in [0.15, 0.2) is 30.3 Å². The van der Waals surface area contributed by atoms with Crippen molar-refractivity contribution in [2.75, 3.05) is 13.7 Å². The summed E-state index contributed by atoms with van der Waals surface area (Å²) in [5.41, 5.74) is 0.667. The molecule has 1 aromatic carbocycles. The van der Waals surface area contributed by atoms with Crippen LogP contribution in [0.3, 0.4) is 0 Å². The van der Waals surface area contributed by atoms with Crippen LogP contribution in [0, 0.1) is 5.92 Å². The molecule has 1 aromatic rings. The SMILES string of the molecule is COC(=O)[C@@H]1CC[C@H](C)N(C(=O)c2ccccc2)C1. The van der Waals surface area contributed by atoms with Gasteiger partial charge in [-0.1, -0.05) is 18.2 Å². The number of amides is 1. The molecule has 19 heavy (non-hydrogen) atoms. The first-order valence-corrected chi connectivity index (χ1v) is 6.57. The Kier molecular flexibility index (Phi) is 4.20. The van der Waals surface area contributed by atoms with Gasteiger partial charge in [-0.3, -0.25) is 9.59 Å². The largest absolute Gasteiger partial charge is 0.469 e. The second kappa shape index (κ2) is 5.87. The van der Waals surface area contributed by atoms with E-state index in [1.165, 1.54) is 7.11 Å². The lowest BCUT2D eigenvalue weighted by molar-refractivity contribution is -0.147. The van der Waals surface area contributed by atoms with Crippen LogP contribution in [0.25, 0.3) is 0 Å². The number of rotatable bonds is 2. The standard InChI is InChI=1S/C15H19NO3/c1-11-8-9-13(15(18)19-2)10-16(11)14(17)12-6-4-3-5-7-12/h3-7,11,13H,8-10H2,1-2H3/t11-,13+/m0/s1. The van der Waals surface area contributed by atoms with Crippen LogP contribution in [0.4, 0.5) is 0 Å². The van der Waals surface area contributed by atoms with Gasteiger partial charge in [-0.05, 0) is 31.9 Å². The van der Waals surface area contributed by atoms with E-state index < -0.39 is 0 Å². The second-order valence-electron chi connectivity index (χ2n) is 4.97. The number of esters is 1. The quantitative estimate of drug-likeness (QED) is 0.766. The summed E-state index contributed by atoms with van der Waals surface area (Å²) in [5.74, 6) is -0.437. The van der Waals surface area contributed by atoms with Crippen LogP contribution in [-0.4, -0.2) is 36.5 Å². The minimum atomic E-state index is -0.224. The molecule has 1 fully saturated rings. The second-order valence-corrected chi connectivity index (χ2v) is 4.97. The van der Waals surface area contributed by atoms with E-state index in [0.717, 1.165) is 12.8 Å². The predicted octanol–water partition coefficient (Wildman–Crippen LogP) is 2.10. The molecule has 1 aliphatic rings. The number of hydrogen-bond donors (Lipinski definition) is 0. The highest BCUT2D eigenvalue weighted by Crippen LogP contribution is 2.24. The van der Waals surface area contributed by atoms with Crippen LogP contribution in [-0.2, 0) is 9.53 Å². The van der Waals surface area contributed by atoms with Gasteiger partial charge in [0.25, 0.3) is 5.91 Å². The number of nitrogens with zero attached hydrogens (tertiary/aromatic N) is 1. The van der Waals surface area contributed by atoms with Gasteiger partial charge < -0.3 is 9.64 Å². The highest BCUT2D eigenvalue weighted by molar-refractivity contribution is 5.94. The average molecular weight is 261 g/mol. The summed E-state index contributed by atoms with van der Waals surface area (Å²) in [4.78, 5) is 25.8. The van der Waals surface area contributed by atoms with Gasteiger partial charge >= 0.3 is 5.97 Å². The van der Waals surface area contributed by atoms with Crippen molar-refractivity contribution >= 4 is 11.9 Å². The van der Waals surface area contributed by atoms with Gasteiger partial charge in [0.15, 0.2) is 0 Å². The number of likely N-dealkylation sites (tertiary alicyclic amines) is 1. The van der Waals surface area contributed by atoms with Crippen LogP contribution in [0.1, 0.15) is 30.1 Å². The number of piperidine rings is 1. The van der Waals surface area contributed by atoms with E-state index in [0.29, 0.717) is 12.1 Å². The van der Waals surface area contributed by atoms with Crippen LogP contribution >= 0.6 is 0 Å². The number of ether oxygens (including phenoxy) is 1. The smallest absolute Gasteiger partial charge is 0.310 e. The van der Waals surface area contributed by atoms with E-state index in [2.05, 4.69) is 0 Å². The lowest BCUT2D eigenvalue weighted by Gasteiger charge is -2.37. The van der Waals surface area contributed by atoms with E-state index in [-0.39, 0.29) is 23.8 Å². The maximum atomic E-state index is 12.4. The topological polar surface area (TPSA) is 46.6 Å². The number of carbonyl (C=O) groups is 2. The minimum absolute atomic E-state index is 0.0123. The molecule has 1 aliphatic heterocycles. The third kappa shape index (κ3) is 2.95. The molecule has 1 amide bonds. The molecule has 0 aliphatic carbocycles. The van der Waals surface area contributed by atoms with Gasteiger partial charge in [-0.15, -0.1) is 0 Å². The Labute approximate surface area is 113 Å². The van der Waals surface area contributed by atoms with Crippen molar-refractivity contribution < 1.29 is 14.3 Å². The molecule has 0 spiro atoms. The summed E-state index contributed by atoms with van der Waals surface area (Å²) in [6.45, 7) is 2.47. The zero-order chi connectivity index (χ0) is 13.8. The third-order valence-electron chi connectivity index (χ3n) is 3.70. The van der Waals surface area contributed by atoms with Gasteiger partial charge in [-0.2, -0.15) is 0 Å².